The third-order valence-electron chi connectivity index (χ3n) is 9.04. The molecule has 2 aliphatic heterocycles. The summed E-state index contributed by atoms with van der Waals surface area (Å²) in [7, 11) is 0. The molecular formula is C34H42N8O3S. The number of hydrogen-bond acceptors (Lipinski definition) is 9. The second-order valence-corrected chi connectivity index (χ2v) is 13.7. The van der Waals surface area contributed by atoms with Crippen LogP contribution in [0.5, 0.6) is 0 Å². The van der Waals surface area contributed by atoms with E-state index in [-0.39, 0.29) is 42.8 Å². The largest absolute Gasteiger partial charge is 0.391 e. The zero-order valence-corrected chi connectivity index (χ0v) is 27.5. The highest BCUT2D eigenvalue weighted by Crippen LogP contribution is 2.31. The zero-order valence-electron chi connectivity index (χ0n) is 26.7. The van der Waals surface area contributed by atoms with E-state index in [0.29, 0.717) is 0 Å². The second kappa shape index (κ2) is 13.3. The van der Waals surface area contributed by atoms with Gasteiger partial charge in [0.2, 0.25) is 11.8 Å². The first kappa shape index (κ1) is 31.8. The van der Waals surface area contributed by atoms with Crippen molar-refractivity contribution in [3.8, 4) is 21.6 Å². The van der Waals surface area contributed by atoms with Gasteiger partial charge in [-0.3, -0.25) is 14.3 Å². The van der Waals surface area contributed by atoms with Crippen molar-refractivity contribution in [3.63, 3.8) is 0 Å². The number of aliphatic hydroxyl groups is 1. The summed E-state index contributed by atoms with van der Waals surface area (Å²) in [6, 6.07) is 10.5. The van der Waals surface area contributed by atoms with E-state index < -0.39 is 18.2 Å². The molecule has 12 heteroatoms. The third kappa shape index (κ3) is 6.55. The molecule has 0 radical (unpaired) electrons. The van der Waals surface area contributed by atoms with Crippen LogP contribution in [0.1, 0.15) is 57.0 Å². The number of benzene rings is 1. The molecule has 5 atom stereocenters. The first-order valence-electron chi connectivity index (χ1n) is 15.9. The molecule has 242 valence electrons. The standard InChI is InChI=1S/C34H42N8O3S/c1-20(2)31(42-16-26(15-38-42)25-9-11-36-30(13-25)40-12-10-27(35)17-40)34(45)41-18-28(43)14-29(41)33(44)39-21(3)23-5-7-24(8-6-23)32-22(4)37-19-46-32/h5-9,11,13,15-16,19-21,27-29,31,43H,10,12,14,17-18,35H2,1-4H3,(H,39,44)/t21-,27-,28+,29-,31-/m0/s1. The number of β-amino-alcohol motifs (C(OH)–C–C–N with tert-alkyl or cyclic N) is 1. The molecule has 1 aromatic carbocycles. The summed E-state index contributed by atoms with van der Waals surface area (Å²) in [5.41, 5.74) is 12.8. The Morgan fingerprint density at radius 3 is 2.52 bits per heavy atom. The number of aryl methyl sites for hydroxylation is 1. The molecule has 5 heterocycles. The zero-order chi connectivity index (χ0) is 32.5. The molecule has 0 bridgehead atoms. The highest BCUT2D eigenvalue weighted by Gasteiger charge is 2.43. The number of nitrogens with zero attached hydrogens (tertiary/aromatic N) is 6. The number of hydrogen-bond donors (Lipinski definition) is 3. The van der Waals surface area contributed by atoms with Gasteiger partial charge >= 0.3 is 0 Å². The van der Waals surface area contributed by atoms with Crippen LogP contribution in [0.25, 0.3) is 21.6 Å². The van der Waals surface area contributed by atoms with Crippen LogP contribution in [-0.2, 0) is 9.59 Å². The van der Waals surface area contributed by atoms with Crippen molar-refractivity contribution < 1.29 is 14.7 Å². The van der Waals surface area contributed by atoms with Crippen LogP contribution in [0, 0.1) is 12.8 Å². The Morgan fingerprint density at radius 1 is 1.07 bits per heavy atom. The molecule has 11 nitrogen and oxygen atoms in total. The molecule has 0 spiro atoms. The van der Waals surface area contributed by atoms with E-state index in [0.717, 1.165) is 58.2 Å². The molecule has 2 aliphatic rings. The minimum atomic E-state index is -0.785. The maximum atomic E-state index is 14.1. The smallest absolute Gasteiger partial charge is 0.248 e. The Bertz CT molecular complexity index is 1690. The predicted molar refractivity (Wildman–Crippen MR) is 179 cm³/mol. The predicted octanol–water partition coefficient (Wildman–Crippen LogP) is 3.95. The molecule has 6 rings (SSSR count). The van der Waals surface area contributed by atoms with Gasteiger partial charge in [0.15, 0.2) is 0 Å². The number of aliphatic hydroxyl groups excluding tert-OH is 1. The first-order valence-corrected chi connectivity index (χ1v) is 16.8. The first-order chi connectivity index (χ1) is 22.1. The molecule has 46 heavy (non-hydrogen) atoms. The molecule has 2 saturated heterocycles. The molecular weight excluding hydrogens is 600 g/mol. The maximum absolute atomic E-state index is 14.1. The molecule has 2 fully saturated rings. The normalized spacial score (nSPS) is 21.2. The second-order valence-electron chi connectivity index (χ2n) is 12.8. The summed E-state index contributed by atoms with van der Waals surface area (Å²) in [5, 5.41) is 18.3. The third-order valence-corrected chi connectivity index (χ3v) is 10.0. The molecule has 4 aromatic rings. The van der Waals surface area contributed by atoms with Crippen molar-refractivity contribution in [2.24, 2.45) is 11.7 Å². The summed E-state index contributed by atoms with van der Waals surface area (Å²) < 4.78 is 1.68. The van der Waals surface area contributed by atoms with Crippen molar-refractivity contribution >= 4 is 29.0 Å². The lowest BCUT2D eigenvalue weighted by Crippen LogP contribution is -2.49. The summed E-state index contributed by atoms with van der Waals surface area (Å²) in [4.78, 5) is 41.4. The fraction of sp³-hybridized carbons (Fsp3) is 0.441. The van der Waals surface area contributed by atoms with Crippen LogP contribution in [0.15, 0.2) is 60.5 Å². The highest BCUT2D eigenvalue weighted by molar-refractivity contribution is 7.13. The minimum Gasteiger partial charge on any atom is -0.391 e. The fourth-order valence-corrected chi connectivity index (χ4v) is 7.29. The van der Waals surface area contributed by atoms with Crippen LogP contribution in [0.3, 0.4) is 0 Å². The van der Waals surface area contributed by atoms with Crippen LogP contribution in [-0.4, -0.2) is 79.4 Å². The average Bonchev–Trinajstić information content (AvgIpc) is 3.85. The molecule has 0 unspecified atom stereocenters. The van der Waals surface area contributed by atoms with Crippen LogP contribution < -0.4 is 16.0 Å². The van der Waals surface area contributed by atoms with Gasteiger partial charge in [-0.25, -0.2) is 9.97 Å². The lowest BCUT2D eigenvalue weighted by molar-refractivity contribution is -0.142. The molecule has 0 aliphatic carbocycles. The van der Waals surface area contributed by atoms with E-state index in [1.54, 1.807) is 28.4 Å². The monoisotopic (exact) mass is 642 g/mol. The number of carbonyl (C=O) groups excluding carboxylic acids is 2. The number of likely N-dealkylation sites (tertiary alicyclic amines) is 1. The summed E-state index contributed by atoms with van der Waals surface area (Å²) in [6.07, 6.45) is 5.74. The van der Waals surface area contributed by atoms with Gasteiger partial charge in [-0.2, -0.15) is 5.10 Å². The van der Waals surface area contributed by atoms with Crippen molar-refractivity contribution in [3.05, 3.63) is 71.8 Å². The van der Waals surface area contributed by atoms with Gasteiger partial charge < -0.3 is 26.0 Å². The van der Waals surface area contributed by atoms with Gasteiger partial charge in [0.05, 0.1) is 34.4 Å². The van der Waals surface area contributed by atoms with Crippen LogP contribution in [0.4, 0.5) is 5.82 Å². The van der Waals surface area contributed by atoms with Crippen LogP contribution in [0.2, 0.25) is 0 Å². The van der Waals surface area contributed by atoms with Gasteiger partial charge in [-0.1, -0.05) is 38.1 Å². The van der Waals surface area contributed by atoms with Gasteiger partial charge in [0, 0.05) is 50.1 Å². The van der Waals surface area contributed by atoms with E-state index in [1.165, 1.54) is 4.90 Å². The Labute approximate surface area is 273 Å². The van der Waals surface area contributed by atoms with Crippen molar-refractivity contribution in [1.29, 1.82) is 0 Å². The van der Waals surface area contributed by atoms with E-state index in [1.807, 2.05) is 75.8 Å². The topological polar surface area (TPSA) is 142 Å². The average molecular weight is 643 g/mol. The minimum absolute atomic E-state index is 0.0945. The van der Waals surface area contributed by atoms with Crippen molar-refractivity contribution in [1.82, 2.24) is 30.0 Å². The van der Waals surface area contributed by atoms with Gasteiger partial charge in [-0.05, 0) is 55.0 Å². The lowest BCUT2D eigenvalue weighted by atomic mass is 10.0. The van der Waals surface area contributed by atoms with Gasteiger partial charge in [0.1, 0.15) is 17.9 Å². The molecule has 0 saturated carbocycles. The Kier molecular flexibility index (Phi) is 9.21. The Hall–Kier alpha value is -4.13. The number of amides is 2. The van der Waals surface area contributed by atoms with Gasteiger partial charge in [0.25, 0.3) is 0 Å². The van der Waals surface area contributed by atoms with Gasteiger partial charge in [-0.15, -0.1) is 11.3 Å². The summed E-state index contributed by atoms with van der Waals surface area (Å²) >= 11 is 1.60. The number of thiazole rings is 1. The quantitative estimate of drug-likeness (QED) is 0.249. The van der Waals surface area contributed by atoms with E-state index in [9.17, 15) is 14.7 Å². The molecule has 3 aromatic heterocycles. The number of nitrogens with two attached hydrogens (primary N) is 1. The van der Waals surface area contributed by atoms with E-state index in [2.05, 4.69) is 25.3 Å². The number of carbonyl (C=O) groups is 2. The Balaban J connectivity index is 1.16. The fourth-order valence-electron chi connectivity index (χ4n) is 6.48. The Morgan fingerprint density at radius 2 is 1.85 bits per heavy atom. The maximum Gasteiger partial charge on any atom is 0.248 e. The number of nitrogens with one attached hydrogen (secondary N) is 1. The van der Waals surface area contributed by atoms with Crippen molar-refractivity contribution in [2.45, 2.75) is 70.8 Å². The van der Waals surface area contributed by atoms with Crippen molar-refractivity contribution in [2.75, 3.05) is 24.5 Å². The summed E-state index contributed by atoms with van der Waals surface area (Å²) in [6.45, 7) is 9.58. The highest BCUT2D eigenvalue weighted by atomic mass is 32.1. The molecule has 4 N–H and O–H groups in total. The lowest BCUT2D eigenvalue weighted by Gasteiger charge is -2.30. The summed E-state index contributed by atoms with van der Waals surface area (Å²) in [5.74, 6) is 0.240. The van der Waals surface area contributed by atoms with E-state index in [4.69, 9.17) is 5.73 Å². The number of rotatable bonds is 9. The molecule has 2 amide bonds. The van der Waals surface area contributed by atoms with E-state index >= 15 is 0 Å². The number of aromatic nitrogens is 4. The van der Waals surface area contributed by atoms with Crippen LogP contribution >= 0.6 is 11.3 Å². The number of pyridine rings is 1. The number of anilines is 1. The SMILES string of the molecule is Cc1ncsc1-c1ccc([C@H](C)NC(=O)[C@@H]2C[C@@H](O)CN2C(=O)[C@H](C(C)C)n2cc(-c3ccnc(N4CC[C@H](N)C4)c3)cn2)cc1.